The van der Waals surface area contributed by atoms with Gasteiger partial charge < -0.3 is 20.6 Å². The van der Waals surface area contributed by atoms with Crippen LogP contribution in [0.3, 0.4) is 0 Å². The lowest BCUT2D eigenvalue weighted by molar-refractivity contribution is 0.0958. The highest BCUT2D eigenvalue weighted by Gasteiger charge is 2.19. The van der Waals surface area contributed by atoms with Gasteiger partial charge in [-0.05, 0) is 67.6 Å². The zero-order chi connectivity index (χ0) is 23.8. The lowest BCUT2D eigenvalue weighted by Crippen LogP contribution is -2.35. The van der Waals surface area contributed by atoms with Crippen LogP contribution in [0.2, 0.25) is 0 Å². The third kappa shape index (κ3) is 5.88. The number of aliphatic hydroxyl groups excluding tert-OH is 1. The fourth-order valence-corrected chi connectivity index (χ4v) is 4.20. The van der Waals surface area contributed by atoms with E-state index in [4.69, 9.17) is 5.26 Å². The number of carbonyl (C=O) groups excluding carboxylic acids is 1. The van der Waals surface area contributed by atoms with Gasteiger partial charge >= 0.3 is 0 Å². The van der Waals surface area contributed by atoms with E-state index in [2.05, 4.69) is 37.6 Å². The zero-order valence-corrected chi connectivity index (χ0v) is 18.9. The molecule has 4 rings (SSSR count). The number of piperidine rings is 1. The number of aliphatic hydroxyl groups is 1. The Morgan fingerprint density at radius 3 is 2.68 bits per heavy atom. The smallest absolute Gasteiger partial charge is 0.252 e. The summed E-state index contributed by atoms with van der Waals surface area (Å²) in [6.07, 6.45) is 4.89. The highest BCUT2D eigenvalue weighted by atomic mass is 16.3. The molecule has 3 N–H and O–H groups in total. The summed E-state index contributed by atoms with van der Waals surface area (Å²) in [5, 5.41) is 23.6. The first-order valence-electron chi connectivity index (χ1n) is 11.5. The second-order valence-electron chi connectivity index (χ2n) is 8.32. The number of nitrogens with one attached hydrogen (secondary N) is 2. The minimum absolute atomic E-state index is 0.0230. The van der Waals surface area contributed by atoms with E-state index < -0.39 is 0 Å². The van der Waals surface area contributed by atoms with Crippen molar-refractivity contribution >= 4 is 23.2 Å². The number of anilines is 3. The van der Waals surface area contributed by atoms with Crippen LogP contribution in [0, 0.1) is 17.2 Å². The molecule has 8 heteroatoms. The molecule has 1 amide bonds. The van der Waals surface area contributed by atoms with Crippen LogP contribution < -0.4 is 15.5 Å². The summed E-state index contributed by atoms with van der Waals surface area (Å²) < 4.78 is 0. The van der Waals surface area contributed by atoms with E-state index in [9.17, 15) is 9.90 Å². The Bertz CT molecular complexity index is 1140. The van der Waals surface area contributed by atoms with Crippen LogP contribution >= 0.6 is 0 Å². The van der Waals surface area contributed by atoms with E-state index in [-0.39, 0.29) is 19.1 Å². The van der Waals surface area contributed by atoms with Crippen molar-refractivity contribution in [2.45, 2.75) is 19.3 Å². The van der Waals surface area contributed by atoms with Crippen LogP contribution in [0.1, 0.15) is 29.6 Å². The lowest BCUT2D eigenvalue weighted by atomic mass is 9.95. The molecule has 2 heterocycles. The second-order valence-corrected chi connectivity index (χ2v) is 8.32. The zero-order valence-electron chi connectivity index (χ0n) is 18.9. The molecule has 1 aliphatic heterocycles. The number of nitriles is 1. The maximum absolute atomic E-state index is 12.0. The topological polar surface area (TPSA) is 114 Å². The lowest BCUT2D eigenvalue weighted by Gasteiger charge is -2.34. The molecule has 1 fully saturated rings. The number of carbonyl (C=O) groups is 1. The van der Waals surface area contributed by atoms with Crippen molar-refractivity contribution in [2.75, 3.05) is 36.5 Å². The molecule has 0 bridgehead atoms. The minimum Gasteiger partial charge on any atom is -0.396 e. The van der Waals surface area contributed by atoms with Gasteiger partial charge in [0.05, 0.1) is 11.8 Å². The summed E-state index contributed by atoms with van der Waals surface area (Å²) in [7, 11) is 0. The first-order valence-corrected chi connectivity index (χ1v) is 11.5. The summed E-state index contributed by atoms with van der Waals surface area (Å²) in [6.45, 7) is 2.25. The monoisotopic (exact) mass is 456 g/mol. The van der Waals surface area contributed by atoms with Gasteiger partial charge in [0.2, 0.25) is 5.95 Å². The van der Waals surface area contributed by atoms with Crippen LogP contribution in [0.15, 0.2) is 60.8 Å². The van der Waals surface area contributed by atoms with Crippen LogP contribution in [-0.2, 0) is 0 Å². The van der Waals surface area contributed by atoms with E-state index in [1.165, 1.54) is 12.1 Å². The Balaban J connectivity index is 1.40. The van der Waals surface area contributed by atoms with Crippen LogP contribution in [-0.4, -0.2) is 47.2 Å². The summed E-state index contributed by atoms with van der Waals surface area (Å²) in [5.41, 5.74) is 4.17. The standard InChI is InChI=1S/C26H28N6O2/c27-13-15-28-25(34)21-5-3-20(4-6-21)24-11-14-29-26(31-24)30-22-7-9-23(10-8-22)32-16-1-2-19(18-32)12-17-33/h3-11,14,19,33H,1-2,12,15-18H2,(H,28,34)(H,29,30,31). The summed E-state index contributed by atoms with van der Waals surface area (Å²) in [6, 6.07) is 19.0. The Morgan fingerprint density at radius 1 is 1.15 bits per heavy atom. The van der Waals surface area contributed by atoms with Gasteiger partial charge in [-0.3, -0.25) is 4.79 Å². The molecule has 2 aromatic carbocycles. The van der Waals surface area contributed by atoms with Crippen LogP contribution in [0.5, 0.6) is 0 Å². The van der Waals surface area contributed by atoms with Crippen molar-refractivity contribution in [2.24, 2.45) is 5.92 Å². The van der Waals surface area contributed by atoms with E-state index in [0.717, 1.165) is 42.9 Å². The predicted molar refractivity (Wildman–Crippen MR) is 132 cm³/mol. The van der Waals surface area contributed by atoms with Crippen molar-refractivity contribution in [1.29, 1.82) is 5.26 Å². The third-order valence-electron chi connectivity index (χ3n) is 5.97. The van der Waals surface area contributed by atoms with E-state index in [1.807, 2.05) is 36.4 Å². The van der Waals surface area contributed by atoms with Gasteiger partial charge in [0, 0.05) is 48.4 Å². The van der Waals surface area contributed by atoms with Crippen molar-refractivity contribution < 1.29 is 9.90 Å². The van der Waals surface area contributed by atoms with Crippen molar-refractivity contribution in [3.8, 4) is 17.3 Å². The number of hydrogen-bond acceptors (Lipinski definition) is 7. The Hall–Kier alpha value is -3.96. The summed E-state index contributed by atoms with van der Waals surface area (Å²) in [4.78, 5) is 23.3. The molecular formula is C26H28N6O2. The molecule has 1 aliphatic rings. The average Bonchev–Trinajstić information content (AvgIpc) is 2.88. The molecule has 174 valence electrons. The fourth-order valence-electron chi connectivity index (χ4n) is 4.20. The molecule has 0 aliphatic carbocycles. The van der Waals surface area contributed by atoms with Gasteiger partial charge in [-0.25, -0.2) is 9.97 Å². The molecule has 1 saturated heterocycles. The maximum Gasteiger partial charge on any atom is 0.252 e. The van der Waals surface area contributed by atoms with Crippen LogP contribution in [0.4, 0.5) is 17.3 Å². The first-order chi connectivity index (χ1) is 16.7. The summed E-state index contributed by atoms with van der Waals surface area (Å²) >= 11 is 0. The Morgan fingerprint density at radius 2 is 1.94 bits per heavy atom. The Kier molecular flexibility index (Phi) is 7.68. The predicted octanol–water partition coefficient (Wildman–Crippen LogP) is 3.74. The molecule has 1 unspecified atom stereocenters. The van der Waals surface area contributed by atoms with Gasteiger partial charge in [0.15, 0.2) is 0 Å². The number of nitrogens with zero attached hydrogens (tertiary/aromatic N) is 4. The number of amides is 1. The molecule has 0 saturated carbocycles. The van der Waals surface area contributed by atoms with E-state index in [1.54, 1.807) is 18.3 Å². The van der Waals surface area contributed by atoms with Gasteiger partial charge in [-0.15, -0.1) is 0 Å². The molecule has 34 heavy (non-hydrogen) atoms. The van der Waals surface area contributed by atoms with E-state index >= 15 is 0 Å². The van der Waals surface area contributed by atoms with Crippen molar-refractivity contribution in [3.63, 3.8) is 0 Å². The molecule has 8 nitrogen and oxygen atoms in total. The number of rotatable bonds is 8. The van der Waals surface area contributed by atoms with Crippen molar-refractivity contribution in [3.05, 3.63) is 66.4 Å². The molecule has 0 radical (unpaired) electrons. The first kappa shape index (κ1) is 23.2. The maximum atomic E-state index is 12.0. The molecule has 1 atom stereocenters. The minimum atomic E-state index is -0.282. The van der Waals surface area contributed by atoms with Gasteiger partial charge in [0.1, 0.15) is 6.54 Å². The number of hydrogen-bond donors (Lipinski definition) is 3. The van der Waals surface area contributed by atoms with E-state index in [0.29, 0.717) is 17.4 Å². The SMILES string of the molecule is N#CCNC(=O)c1ccc(-c2ccnc(Nc3ccc(N4CCCC(CCO)C4)cc3)n2)cc1. The average molecular weight is 457 g/mol. The highest BCUT2D eigenvalue weighted by Crippen LogP contribution is 2.27. The summed E-state index contributed by atoms with van der Waals surface area (Å²) in [5.74, 6) is 0.755. The fraction of sp³-hybridized carbons (Fsp3) is 0.308. The quantitative estimate of drug-likeness (QED) is 0.442. The second kappa shape index (κ2) is 11.3. The highest BCUT2D eigenvalue weighted by molar-refractivity contribution is 5.94. The molecule has 0 spiro atoms. The number of benzene rings is 2. The molecule has 1 aromatic heterocycles. The van der Waals surface area contributed by atoms with Gasteiger partial charge in [0.25, 0.3) is 5.91 Å². The van der Waals surface area contributed by atoms with Gasteiger partial charge in [-0.1, -0.05) is 12.1 Å². The normalized spacial score (nSPS) is 15.4. The third-order valence-corrected chi connectivity index (χ3v) is 5.97. The molecular weight excluding hydrogens is 428 g/mol. The van der Waals surface area contributed by atoms with Crippen LogP contribution in [0.25, 0.3) is 11.3 Å². The van der Waals surface area contributed by atoms with Gasteiger partial charge in [-0.2, -0.15) is 5.26 Å². The van der Waals surface area contributed by atoms with Crippen molar-refractivity contribution in [1.82, 2.24) is 15.3 Å². The largest absolute Gasteiger partial charge is 0.396 e. The molecule has 3 aromatic rings. The number of aromatic nitrogens is 2. The Labute approximate surface area is 199 Å².